The van der Waals surface area contributed by atoms with E-state index in [-0.39, 0.29) is 0 Å². The molecule has 0 atom stereocenters. The lowest BCUT2D eigenvalue weighted by atomic mass is 10.2. The molecule has 0 unspecified atom stereocenters. The lowest BCUT2D eigenvalue weighted by molar-refractivity contribution is 0.345. The number of rotatable bonds is 1. The van der Waals surface area contributed by atoms with Crippen molar-refractivity contribution in [1.29, 1.82) is 5.26 Å². The number of amidine groups is 1. The smallest absolute Gasteiger partial charge is 0.150 e. The van der Waals surface area contributed by atoms with Crippen LogP contribution < -0.4 is 10.7 Å². The number of nitriles is 1. The summed E-state index contributed by atoms with van der Waals surface area (Å²) in [6.45, 7) is 5.26. The number of nitrogens with two attached hydrogens (primary N) is 1. The molecule has 0 amide bonds. The number of hydrogen-bond acceptors (Lipinski definition) is 7. The van der Waals surface area contributed by atoms with Crippen molar-refractivity contribution >= 4 is 11.7 Å². The molecule has 0 aliphatic carbocycles. The fourth-order valence-corrected chi connectivity index (χ4v) is 2.66. The van der Waals surface area contributed by atoms with E-state index in [4.69, 9.17) is 11.1 Å². The van der Waals surface area contributed by atoms with Gasteiger partial charge in [-0.3, -0.25) is 0 Å². The molecule has 23 heavy (non-hydrogen) atoms. The third-order valence-corrected chi connectivity index (χ3v) is 3.98. The fraction of sp³-hybridized carbons (Fsp3) is 0.312. The van der Waals surface area contributed by atoms with E-state index in [2.05, 4.69) is 26.0 Å². The number of allylic oxidation sites excluding steroid dienone is 2. The minimum Gasteiger partial charge on any atom is -0.353 e. The standard InChI is InChI=1S/C16H19N7/c1-2-14-3-4-15(20-23(14)18)21-7-9-22(10-8-21)16-11-13(12-17)5-6-19-16/h2-6,11H,7-10,18H2,1H3/b14-2+. The number of aromatic nitrogens is 1. The minimum absolute atomic E-state index is 0.634. The summed E-state index contributed by atoms with van der Waals surface area (Å²) >= 11 is 0. The molecule has 0 bridgehead atoms. The molecule has 1 aromatic rings. The Labute approximate surface area is 135 Å². The molecule has 3 heterocycles. The first kappa shape index (κ1) is 15.1. The molecule has 3 rings (SSSR count). The van der Waals surface area contributed by atoms with Crippen LogP contribution in [0.3, 0.4) is 0 Å². The Kier molecular flexibility index (Phi) is 4.26. The summed E-state index contributed by atoms with van der Waals surface area (Å²) in [5.74, 6) is 7.61. The van der Waals surface area contributed by atoms with Crippen molar-refractivity contribution in [2.45, 2.75) is 6.92 Å². The van der Waals surface area contributed by atoms with E-state index >= 15 is 0 Å². The highest BCUT2D eigenvalue weighted by atomic mass is 15.6. The second-order valence-corrected chi connectivity index (χ2v) is 5.34. The van der Waals surface area contributed by atoms with Gasteiger partial charge in [-0.05, 0) is 31.2 Å². The second-order valence-electron chi connectivity index (χ2n) is 5.34. The maximum Gasteiger partial charge on any atom is 0.150 e. The maximum absolute atomic E-state index is 8.99. The summed E-state index contributed by atoms with van der Waals surface area (Å²) in [4.78, 5) is 8.74. The minimum atomic E-state index is 0.634. The fourth-order valence-electron chi connectivity index (χ4n) is 2.66. The van der Waals surface area contributed by atoms with Crippen LogP contribution in [0.4, 0.5) is 5.82 Å². The molecule has 0 aromatic carbocycles. The maximum atomic E-state index is 8.99. The number of hydrazine groups is 1. The summed E-state index contributed by atoms with van der Waals surface area (Å²) in [6, 6.07) is 5.70. The number of pyridine rings is 1. The van der Waals surface area contributed by atoms with Gasteiger partial charge in [-0.1, -0.05) is 6.08 Å². The zero-order valence-corrected chi connectivity index (χ0v) is 13.1. The van der Waals surface area contributed by atoms with Crippen molar-refractivity contribution in [3.63, 3.8) is 0 Å². The molecule has 2 aliphatic heterocycles. The molecular formula is C16H19N7. The molecule has 118 valence electrons. The Morgan fingerprint density at radius 3 is 2.61 bits per heavy atom. The van der Waals surface area contributed by atoms with Crippen LogP contribution in [0.25, 0.3) is 0 Å². The summed E-state index contributed by atoms with van der Waals surface area (Å²) < 4.78 is 0. The van der Waals surface area contributed by atoms with Crippen LogP contribution in [0.15, 0.2) is 47.4 Å². The lowest BCUT2D eigenvalue weighted by Gasteiger charge is -2.37. The van der Waals surface area contributed by atoms with Gasteiger partial charge in [0, 0.05) is 32.4 Å². The number of anilines is 1. The van der Waals surface area contributed by atoms with Gasteiger partial charge in [-0.25, -0.2) is 10.8 Å². The summed E-state index contributed by atoms with van der Waals surface area (Å²) in [6.07, 6.45) is 7.55. The Bertz CT molecular complexity index is 705. The van der Waals surface area contributed by atoms with E-state index in [0.29, 0.717) is 5.56 Å². The quantitative estimate of drug-likeness (QED) is 0.780. The molecule has 2 N–H and O–H groups in total. The normalized spacial score (nSPS) is 19.8. The first-order valence-electron chi connectivity index (χ1n) is 7.55. The van der Waals surface area contributed by atoms with Crippen LogP contribution in [0.2, 0.25) is 0 Å². The molecular weight excluding hydrogens is 290 g/mol. The van der Waals surface area contributed by atoms with Crippen LogP contribution >= 0.6 is 0 Å². The van der Waals surface area contributed by atoms with Gasteiger partial charge in [0.15, 0.2) is 5.84 Å². The van der Waals surface area contributed by atoms with Gasteiger partial charge in [-0.15, -0.1) is 5.10 Å². The van der Waals surface area contributed by atoms with E-state index in [9.17, 15) is 0 Å². The van der Waals surface area contributed by atoms with Gasteiger partial charge < -0.3 is 9.80 Å². The van der Waals surface area contributed by atoms with E-state index < -0.39 is 0 Å². The monoisotopic (exact) mass is 309 g/mol. The van der Waals surface area contributed by atoms with E-state index in [1.165, 1.54) is 5.12 Å². The second kappa shape index (κ2) is 6.50. The van der Waals surface area contributed by atoms with Crippen molar-refractivity contribution in [2.24, 2.45) is 10.9 Å². The average molecular weight is 309 g/mol. The Morgan fingerprint density at radius 2 is 1.96 bits per heavy atom. The lowest BCUT2D eigenvalue weighted by Crippen LogP contribution is -2.49. The van der Waals surface area contributed by atoms with Crippen LogP contribution in [0, 0.1) is 11.3 Å². The van der Waals surface area contributed by atoms with Crippen LogP contribution in [0.5, 0.6) is 0 Å². The van der Waals surface area contributed by atoms with Gasteiger partial charge in [-0.2, -0.15) is 10.4 Å². The molecule has 0 spiro atoms. The van der Waals surface area contributed by atoms with Crippen LogP contribution in [0.1, 0.15) is 12.5 Å². The average Bonchev–Trinajstić information content (AvgIpc) is 2.62. The third-order valence-electron chi connectivity index (χ3n) is 3.98. The molecule has 0 radical (unpaired) electrons. The predicted molar refractivity (Wildman–Crippen MR) is 89.1 cm³/mol. The number of nitrogens with zero attached hydrogens (tertiary/aromatic N) is 6. The summed E-state index contributed by atoms with van der Waals surface area (Å²) in [5, 5.41) is 14.8. The van der Waals surface area contributed by atoms with E-state index in [1.54, 1.807) is 12.3 Å². The van der Waals surface area contributed by atoms with Gasteiger partial charge in [0.1, 0.15) is 5.82 Å². The topological polar surface area (TPSA) is 84.8 Å². The molecule has 2 aliphatic rings. The highest BCUT2D eigenvalue weighted by molar-refractivity contribution is 5.94. The summed E-state index contributed by atoms with van der Waals surface area (Å²) in [7, 11) is 0. The Morgan fingerprint density at radius 1 is 1.22 bits per heavy atom. The summed E-state index contributed by atoms with van der Waals surface area (Å²) in [5.41, 5.74) is 1.51. The highest BCUT2D eigenvalue weighted by Gasteiger charge is 2.21. The Balaban J connectivity index is 1.65. The molecule has 1 aromatic heterocycles. The first-order chi connectivity index (χ1) is 11.2. The largest absolute Gasteiger partial charge is 0.353 e. The van der Waals surface area contributed by atoms with Crippen molar-refractivity contribution in [1.82, 2.24) is 15.0 Å². The number of piperazine rings is 1. The van der Waals surface area contributed by atoms with Crippen molar-refractivity contribution in [3.8, 4) is 6.07 Å². The van der Waals surface area contributed by atoms with E-state index in [0.717, 1.165) is 43.5 Å². The molecule has 7 nitrogen and oxygen atoms in total. The zero-order chi connectivity index (χ0) is 16.2. The van der Waals surface area contributed by atoms with Gasteiger partial charge in [0.05, 0.1) is 17.3 Å². The van der Waals surface area contributed by atoms with Crippen molar-refractivity contribution < 1.29 is 0 Å². The van der Waals surface area contributed by atoms with Crippen LogP contribution in [-0.4, -0.2) is 47.0 Å². The van der Waals surface area contributed by atoms with E-state index in [1.807, 2.05) is 31.2 Å². The third kappa shape index (κ3) is 3.17. The number of hydrazone groups is 1. The first-order valence-corrected chi connectivity index (χ1v) is 7.55. The van der Waals surface area contributed by atoms with Crippen LogP contribution in [-0.2, 0) is 0 Å². The Hall–Kier alpha value is -2.85. The zero-order valence-electron chi connectivity index (χ0n) is 13.1. The molecule has 0 saturated carbocycles. The van der Waals surface area contributed by atoms with Crippen molar-refractivity contribution in [2.75, 3.05) is 31.1 Å². The van der Waals surface area contributed by atoms with Gasteiger partial charge in [0.25, 0.3) is 0 Å². The van der Waals surface area contributed by atoms with Crippen molar-refractivity contribution in [3.05, 3.63) is 47.8 Å². The highest BCUT2D eigenvalue weighted by Crippen LogP contribution is 2.17. The predicted octanol–water partition coefficient (Wildman–Crippen LogP) is 1.04. The number of hydrogen-bond donors (Lipinski definition) is 1. The molecule has 7 heteroatoms. The SMILES string of the molecule is C/C=C1\C=CC(N2CCN(c3cc(C#N)ccn3)CC2)=NN1N. The molecule has 1 fully saturated rings. The van der Waals surface area contributed by atoms with Gasteiger partial charge in [0.2, 0.25) is 0 Å². The molecule has 1 saturated heterocycles. The van der Waals surface area contributed by atoms with Gasteiger partial charge >= 0.3 is 0 Å².